The number of nitrogens with two attached hydrogens (primary N) is 1. The van der Waals surface area contributed by atoms with Gasteiger partial charge in [-0.25, -0.2) is 0 Å². The number of carbonyl (C=O) groups is 2. The first kappa shape index (κ1) is 21.6. The van der Waals surface area contributed by atoms with Gasteiger partial charge in [-0.2, -0.15) is 0 Å². The molecule has 0 aromatic heterocycles. The molecule has 3 rings (SSSR count). The van der Waals surface area contributed by atoms with Crippen molar-refractivity contribution in [1.29, 1.82) is 0 Å². The highest BCUT2D eigenvalue weighted by Gasteiger charge is 2.32. The lowest BCUT2D eigenvalue weighted by Gasteiger charge is -2.39. The Morgan fingerprint density at radius 1 is 0.967 bits per heavy atom. The molecule has 30 heavy (non-hydrogen) atoms. The summed E-state index contributed by atoms with van der Waals surface area (Å²) in [5, 5.41) is 0. The molecule has 1 heterocycles. The van der Waals surface area contributed by atoms with Crippen LogP contribution in [0.25, 0.3) is 0 Å². The van der Waals surface area contributed by atoms with Crippen LogP contribution in [-0.2, 0) is 4.79 Å². The first-order chi connectivity index (χ1) is 14.2. The number of alkyl halides is 3. The Morgan fingerprint density at radius 2 is 1.57 bits per heavy atom. The minimum atomic E-state index is -4.73. The van der Waals surface area contributed by atoms with Gasteiger partial charge in [-0.05, 0) is 24.3 Å². The van der Waals surface area contributed by atoms with Crippen LogP contribution in [-0.4, -0.2) is 55.2 Å². The molecule has 0 aliphatic carbocycles. The Hall–Kier alpha value is -3.07. The van der Waals surface area contributed by atoms with E-state index in [1.807, 2.05) is 15.9 Å². The topological polar surface area (TPSA) is 75.9 Å². The van der Waals surface area contributed by atoms with E-state index >= 15 is 0 Å². The van der Waals surface area contributed by atoms with Crippen LogP contribution < -0.4 is 15.4 Å². The van der Waals surface area contributed by atoms with E-state index in [0.29, 0.717) is 31.7 Å². The third-order valence-electron chi connectivity index (χ3n) is 4.95. The fraction of sp³-hybridized carbons (Fsp3) is 0.333. The van der Waals surface area contributed by atoms with Crippen LogP contribution in [0, 0.1) is 0 Å². The molecule has 2 N–H and O–H groups in total. The number of amides is 1. The Balaban J connectivity index is 1.65. The number of hydrogen-bond acceptors (Lipinski definition) is 5. The van der Waals surface area contributed by atoms with E-state index in [4.69, 9.17) is 5.73 Å². The van der Waals surface area contributed by atoms with E-state index in [-0.39, 0.29) is 18.0 Å². The molecule has 0 bridgehead atoms. The fourth-order valence-electron chi connectivity index (χ4n) is 3.52. The van der Waals surface area contributed by atoms with Crippen LogP contribution in [0.3, 0.4) is 0 Å². The number of piperazine rings is 1. The number of carbonyl (C=O) groups excluding carboxylic acids is 2. The fourth-order valence-corrected chi connectivity index (χ4v) is 3.52. The van der Waals surface area contributed by atoms with Gasteiger partial charge in [0.05, 0.1) is 6.04 Å². The first-order valence-corrected chi connectivity index (χ1v) is 9.45. The standard InChI is InChI=1S/C21H22F3N3O3/c22-21(23,24)30-17-8-6-16(7-9-17)26-10-12-27(13-11-26)18(14-19(25)28)20(29)15-4-2-1-3-5-15/h1-9,18H,10-14H2,(H2,25,28). The monoisotopic (exact) mass is 421 g/mol. The predicted octanol–water partition coefficient (Wildman–Crippen LogP) is 2.83. The third kappa shape index (κ3) is 5.73. The lowest BCUT2D eigenvalue weighted by atomic mass is 9.99. The molecule has 9 heteroatoms. The molecule has 1 atom stereocenters. The largest absolute Gasteiger partial charge is 0.573 e. The number of hydrogen-bond donors (Lipinski definition) is 1. The summed E-state index contributed by atoms with van der Waals surface area (Å²) in [4.78, 5) is 28.4. The molecule has 1 aliphatic rings. The number of ether oxygens (including phenoxy) is 1. The number of Topliss-reactive ketones (excluding diaryl/α,β-unsaturated/α-hetero) is 1. The zero-order valence-electron chi connectivity index (χ0n) is 16.1. The van der Waals surface area contributed by atoms with Crippen LogP contribution in [0.15, 0.2) is 54.6 Å². The lowest BCUT2D eigenvalue weighted by molar-refractivity contribution is -0.274. The van der Waals surface area contributed by atoms with Crippen molar-refractivity contribution in [2.45, 2.75) is 18.8 Å². The molecule has 6 nitrogen and oxygen atoms in total. The maximum Gasteiger partial charge on any atom is 0.573 e. The number of nitrogens with zero attached hydrogens (tertiary/aromatic N) is 2. The lowest BCUT2D eigenvalue weighted by Crippen LogP contribution is -2.53. The van der Waals surface area contributed by atoms with E-state index in [0.717, 1.165) is 5.69 Å². The second-order valence-electron chi connectivity index (χ2n) is 6.98. The van der Waals surface area contributed by atoms with E-state index in [2.05, 4.69) is 4.74 Å². The maximum atomic E-state index is 12.9. The quantitative estimate of drug-likeness (QED) is 0.696. The molecule has 0 saturated carbocycles. The van der Waals surface area contributed by atoms with Crippen molar-refractivity contribution in [2.75, 3.05) is 31.1 Å². The van der Waals surface area contributed by atoms with Gasteiger partial charge in [-0.3, -0.25) is 14.5 Å². The Labute approximate surface area is 172 Å². The average Bonchev–Trinajstić information content (AvgIpc) is 2.72. The van der Waals surface area contributed by atoms with Crippen molar-refractivity contribution in [3.63, 3.8) is 0 Å². The van der Waals surface area contributed by atoms with Gasteiger partial charge in [0.15, 0.2) is 5.78 Å². The Bertz CT molecular complexity index is 865. The summed E-state index contributed by atoms with van der Waals surface area (Å²) in [6.07, 6.45) is -4.80. The predicted molar refractivity (Wildman–Crippen MR) is 105 cm³/mol. The molecular formula is C21H22F3N3O3. The number of halogens is 3. The highest BCUT2D eigenvalue weighted by atomic mass is 19.4. The summed E-state index contributed by atoms with van der Waals surface area (Å²) < 4.78 is 40.8. The third-order valence-corrected chi connectivity index (χ3v) is 4.95. The van der Waals surface area contributed by atoms with E-state index < -0.39 is 18.3 Å². The number of benzene rings is 2. The highest BCUT2D eigenvalue weighted by molar-refractivity contribution is 6.02. The molecule has 0 radical (unpaired) electrons. The SMILES string of the molecule is NC(=O)CC(C(=O)c1ccccc1)N1CCN(c2ccc(OC(F)(F)F)cc2)CC1. The Morgan fingerprint density at radius 3 is 2.10 bits per heavy atom. The van der Waals surface area contributed by atoms with Gasteiger partial charge in [0.25, 0.3) is 0 Å². The summed E-state index contributed by atoms with van der Waals surface area (Å²) in [5.41, 5.74) is 6.65. The molecule has 1 fully saturated rings. The van der Waals surface area contributed by atoms with Gasteiger partial charge in [0.2, 0.25) is 5.91 Å². The summed E-state index contributed by atoms with van der Waals surface area (Å²) in [6, 6.07) is 13.8. The molecule has 2 aromatic carbocycles. The van der Waals surface area contributed by atoms with E-state index in [1.54, 1.807) is 36.4 Å². The smallest absolute Gasteiger partial charge is 0.406 e. The van der Waals surface area contributed by atoms with Crippen molar-refractivity contribution >= 4 is 17.4 Å². The summed E-state index contributed by atoms with van der Waals surface area (Å²) in [5.74, 6) is -0.983. The van der Waals surface area contributed by atoms with Gasteiger partial charge in [0, 0.05) is 43.9 Å². The van der Waals surface area contributed by atoms with E-state index in [1.165, 1.54) is 12.1 Å². The number of anilines is 1. The first-order valence-electron chi connectivity index (χ1n) is 9.45. The molecule has 1 aliphatic heterocycles. The Kier molecular flexibility index (Phi) is 6.61. The number of ketones is 1. The minimum Gasteiger partial charge on any atom is -0.406 e. The van der Waals surface area contributed by atoms with Crippen LogP contribution in [0.4, 0.5) is 18.9 Å². The van der Waals surface area contributed by atoms with Crippen molar-refractivity contribution < 1.29 is 27.5 Å². The van der Waals surface area contributed by atoms with Gasteiger partial charge < -0.3 is 15.4 Å². The minimum absolute atomic E-state index is 0.0722. The molecule has 1 saturated heterocycles. The highest BCUT2D eigenvalue weighted by Crippen LogP contribution is 2.26. The molecule has 2 aromatic rings. The summed E-state index contributed by atoms with van der Waals surface area (Å²) in [6.45, 7) is 2.13. The van der Waals surface area contributed by atoms with E-state index in [9.17, 15) is 22.8 Å². The molecule has 0 spiro atoms. The van der Waals surface area contributed by atoms with Gasteiger partial charge in [-0.15, -0.1) is 13.2 Å². The zero-order valence-corrected chi connectivity index (χ0v) is 16.1. The molecular weight excluding hydrogens is 399 g/mol. The summed E-state index contributed by atoms with van der Waals surface area (Å²) in [7, 11) is 0. The maximum absolute atomic E-state index is 12.9. The van der Waals surface area contributed by atoms with Gasteiger partial charge in [-0.1, -0.05) is 30.3 Å². The zero-order chi connectivity index (χ0) is 21.7. The normalized spacial score (nSPS) is 16.2. The molecule has 1 unspecified atom stereocenters. The van der Waals surface area contributed by atoms with Crippen molar-refractivity contribution in [1.82, 2.24) is 4.90 Å². The molecule has 160 valence electrons. The van der Waals surface area contributed by atoms with Crippen LogP contribution >= 0.6 is 0 Å². The van der Waals surface area contributed by atoms with Crippen LogP contribution in [0.2, 0.25) is 0 Å². The number of rotatable bonds is 7. The summed E-state index contributed by atoms with van der Waals surface area (Å²) >= 11 is 0. The average molecular weight is 421 g/mol. The van der Waals surface area contributed by atoms with Crippen molar-refractivity contribution in [2.24, 2.45) is 5.73 Å². The van der Waals surface area contributed by atoms with Gasteiger partial charge in [0.1, 0.15) is 5.75 Å². The van der Waals surface area contributed by atoms with Crippen LogP contribution in [0.5, 0.6) is 5.75 Å². The van der Waals surface area contributed by atoms with Crippen LogP contribution in [0.1, 0.15) is 16.8 Å². The second-order valence-corrected chi connectivity index (χ2v) is 6.98. The second kappa shape index (κ2) is 9.17. The number of primary amides is 1. The molecule has 1 amide bonds. The van der Waals surface area contributed by atoms with Crippen molar-refractivity contribution in [3.05, 3.63) is 60.2 Å². The van der Waals surface area contributed by atoms with Gasteiger partial charge >= 0.3 is 6.36 Å². The van der Waals surface area contributed by atoms with Crippen molar-refractivity contribution in [3.8, 4) is 5.75 Å².